The molecule has 0 atom stereocenters. The molecule has 4 heteroatoms. The molecule has 25 heavy (non-hydrogen) atoms. The van der Waals surface area contributed by atoms with E-state index in [0.717, 1.165) is 11.6 Å². The molecule has 2 aliphatic heterocycles. The Morgan fingerprint density at radius 1 is 1.00 bits per heavy atom. The van der Waals surface area contributed by atoms with E-state index >= 15 is 0 Å². The Kier molecular flexibility index (Phi) is 5.21. The molecule has 3 fully saturated rings. The van der Waals surface area contributed by atoms with Crippen LogP contribution in [0.3, 0.4) is 0 Å². The van der Waals surface area contributed by atoms with E-state index in [-0.39, 0.29) is 5.78 Å². The third-order valence-electron chi connectivity index (χ3n) is 6.73. The summed E-state index contributed by atoms with van der Waals surface area (Å²) in [5.41, 5.74) is 1.43. The summed E-state index contributed by atoms with van der Waals surface area (Å²) in [6.07, 6.45) is 9.87. The van der Waals surface area contributed by atoms with Crippen molar-refractivity contribution in [3.8, 4) is 0 Å². The molecule has 0 radical (unpaired) electrons. The molecule has 3 aliphatic rings. The second-order valence-corrected chi connectivity index (χ2v) is 9.39. The number of likely N-dealkylation sites (tertiary alicyclic amines) is 1. The molecule has 0 unspecified atom stereocenters. The number of ketones is 1. The minimum Gasteiger partial charge on any atom is -0.300 e. The Balaban J connectivity index is 1.26. The van der Waals surface area contributed by atoms with Gasteiger partial charge in [0.15, 0.2) is 5.78 Å². The van der Waals surface area contributed by atoms with Gasteiger partial charge in [-0.2, -0.15) is 0 Å². The number of hydrogen-bond donors (Lipinski definition) is 0. The van der Waals surface area contributed by atoms with Crippen LogP contribution in [0.1, 0.15) is 62.2 Å². The van der Waals surface area contributed by atoms with E-state index in [1.165, 1.54) is 76.0 Å². The predicted molar refractivity (Wildman–Crippen MR) is 104 cm³/mol. The van der Waals surface area contributed by atoms with Crippen LogP contribution >= 0.6 is 11.9 Å². The first kappa shape index (κ1) is 17.6. The quantitative estimate of drug-likeness (QED) is 0.578. The minimum absolute atomic E-state index is 0.143. The molecule has 1 spiro atoms. The lowest BCUT2D eigenvalue weighted by Gasteiger charge is -2.49. The highest BCUT2D eigenvalue weighted by Crippen LogP contribution is 2.44. The van der Waals surface area contributed by atoms with Crippen LogP contribution in [0.2, 0.25) is 0 Å². The van der Waals surface area contributed by atoms with E-state index in [4.69, 9.17) is 0 Å². The predicted octanol–water partition coefficient (Wildman–Crippen LogP) is 4.63. The second kappa shape index (κ2) is 7.42. The average molecular weight is 359 g/mol. The summed E-state index contributed by atoms with van der Waals surface area (Å²) in [7, 11) is 0. The number of hydrogen-bond acceptors (Lipinski definition) is 4. The van der Waals surface area contributed by atoms with E-state index in [9.17, 15) is 4.79 Å². The van der Waals surface area contributed by atoms with Gasteiger partial charge in [0, 0.05) is 29.6 Å². The van der Waals surface area contributed by atoms with Crippen LogP contribution in [-0.4, -0.2) is 47.2 Å². The van der Waals surface area contributed by atoms with Crippen molar-refractivity contribution in [3.63, 3.8) is 0 Å². The van der Waals surface area contributed by atoms with Gasteiger partial charge in [-0.25, -0.2) is 4.31 Å². The monoisotopic (exact) mass is 358 g/mol. The van der Waals surface area contributed by atoms with Gasteiger partial charge in [-0.15, -0.1) is 0 Å². The average Bonchev–Trinajstić information content (AvgIpc) is 2.58. The SMILES string of the molecule is CC(=O)c1ccc(SN2CCC3(CC2)CCN(C2CCC2)CC3)cc1. The van der Waals surface area contributed by atoms with Gasteiger partial charge < -0.3 is 4.90 Å². The van der Waals surface area contributed by atoms with Crippen molar-refractivity contribution in [1.82, 2.24) is 9.21 Å². The molecule has 0 bridgehead atoms. The molecule has 2 heterocycles. The van der Waals surface area contributed by atoms with Crippen LogP contribution in [0.5, 0.6) is 0 Å². The fourth-order valence-electron chi connectivity index (χ4n) is 4.57. The Labute approximate surface area is 156 Å². The van der Waals surface area contributed by atoms with Gasteiger partial charge in [0.2, 0.25) is 0 Å². The van der Waals surface area contributed by atoms with E-state index in [1.54, 1.807) is 6.92 Å². The summed E-state index contributed by atoms with van der Waals surface area (Å²) in [6, 6.07) is 9.00. The Morgan fingerprint density at radius 3 is 2.12 bits per heavy atom. The summed E-state index contributed by atoms with van der Waals surface area (Å²) in [5, 5.41) is 0. The number of rotatable bonds is 4. The van der Waals surface area contributed by atoms with Crippen molar-refractivity contribution in [2.24, 2.45) is 5.41 Å². The fourth-order valence-corrected chi connectivity index (χ4v) is 5.49. The summed E-state index contributed by atoms with van der Waals surface area (Å²) in [5.74, 6) is 0.143. The Morgan fingerprint density at radius 2 is 1.60 bits per heavy atom. The summed E-state index contributed by atoms with van der Waals surface area (Å²) in [6.45, 7) is 6.70. The maximum absolute atomic E-state index is 11.4. The highest BCUT2D eigenvalue weighted by atomic mass is 32.2. The van der Waals surface area contributed by atoms with Gasteiger partial charge in [-0.1, -0.05) is 18.6 Å². The van der Waals surface area contributed by atoms with Crippen molar-refractivity contribution in [3.05, 3.63) is 29.8 Å². The molecule has 136 valence electrons. The van der Waals surface area contributed by atoms with Crippen molar-refractivity contribution in [1.29, 1.82) is 0 Å². The molecule has 3 nitrogen and oxygen atoms in total. The number of carbonyl (C=O) groups is 1. The van der Waals surface area contributed by atoms with Crippen LogP contribution in [0.4, 0.5) is 0 Å². The maximum atomic E-state index is 11.4. The lowest BCUT2D eigenvalue weighted by Crippen LogP contribution is -2.50. The topological polar surface area (TPSA) is 23.6 Å². The summed E-state index contributed by atoms with van der Waals surface area (Å²) in [4.78, 5) is 15.4. The molecular formula is C21H30N2OS. The molecule has 2 saturated heterocycles. The first-order valence-corrected chi connectivity index (χ1v) is 10.7. The standard InChI is InChI=1S/C21H30N2OS/c1-17(24)18-5-7-20(8-6-18)25-23-15-11-21(12-16-23)9-13-22(14-10-21)19-3-2-4-19/h5-8,19H,2-4,9-16H2,1H3. The highest BCUT2D eigenvalue weighted by Gasteiger charge is 2.39. The van der Waals surface area contributed by atoms with Crippen LogP contribution in [0, 0.1) is 5.41 Å². The molecule has 1 aromatic rings. The number of benzene rings is 1. The zero-order valence-corrected chi connectivity index (χ0v) is 16.2. The molecule has 0 amide bonds. The van der Waals surface area contributed by atoms with Gasteiger partial charge in [0.05, 0.1) is 0 Å². The fraction of sp³-hybridized carbons (Fsp3) is 0.667. The lowest BCUT2D eigenvalue weighted by atomic mass is 9.71. The zero-order valence-electron chi connectivity index (χ0n) is 15.4. The van der Waals surface area contributed by atoms with Crippen LogP contribution in [-0.2, 0) is 0 Å². The maximum Gasteiger partial charge on any atom is 0.159 e. The van der Waals surface area contributed by atoms with Crippen LogP contribution < -0.4 is 0 Å². The largest absolute Gasteiger partial charge is 0.300 e. The van der Waals surface area contributed by atoms with Gasteiger partial charge in [-0.3, -0.25) is 4.79 Å². The van der Waals surface area contributed by atoms with Gasteiger partial charge in [0.25, 0.3) is 0 Å². The highest BCUT2D eigenvalue weighted by molar-refractivity contribution is 7.97. The molecule has 4 rings (SSSR count). The number of Topliss-reactive ketones (excluding diaryl/α,β-unsaturated/α-hetero) is 1. The number of carbonyl (C=O) groups excluding carboxylic acids is 1. The molecule has 0 N–H and O–H groups in total. The first-order chi connectivity index (χ1) is 12.1. The van der Waals surface area contributed by atoms with Crippen molar-refractivity contribution < 1.29 is 4.79 Å². The zero-order chi connectivity index (χ0) is 17.3. The molecular weight excluding hydrogens is 328 g/mol. The third-order valence-corrected chi connectivity index (χ3v) is 7.83. The van der Waals surface area contributed by atoms with E-state index in [0.29, 0.717) is 5.41 Å². The second-order valence-electron chi connectivity index (χ2n) is 8.22. The van der Waals surface area contributed by atoms with E-state index < -0.39 is 0 Å². The van der Waals surface area contributed by atoms with Gasteiger partial charge in [0.1, 0.15) is 0 Å². The molecule has 1 aromatic carbocycles. The van der Waals surface area contributed by atoms with E-state index in [2.05, 4.69) is 21.3 Å². The van der Waals surface area contributed by atoms with Gasteiger partial charge in [-0.05, 0) is 88.0 Å². The van der Waals surface area contributed by atoms with Crippen molar-refractivity contribution >= 4 is 17.7 Å². The Bertz CT molecular complexity index is 593. The Hall–Kier alpha value is -0.840. The molecule has 0 aromatic heterocycles. The molecule has 1 aliphatic carbocycles. The van der Waals surface area contributed by atoms with Crippen molar-refractivity contribution in [2.75, 3.05) is 26.2 Å². The first-order valence-electron chi connectivity index (χ1n) is 9.92. The normalized spacial score (nSPS) is 25.0. The van der Waals surface area contributed by atoms with E-state index in [1.807, 2.05) is 24.1 Å². The minimum atomic E-state index is 0.143. The van der Waals surface area contributed by atoms with Crippen LogP contribution in [0.15, 0.2) is 29.2 Å². The van der Waals surface area contributed by atoms with Gasteiger partial charge >= 0.3 is 0 Å². The summed E-state index contributed by atoms with van der Waals surface area (Å²) >= 11 is 1.86. The number of nitrogens with zero attached hydrogens (tertiary/aromatic N) is 2. The summed E-state index contributed by atoms with van der Waals surface area (Å²) < 4.78 is 2.52. The van der Waals surface area contributed by atoms with Crippen molar-refractivity contribution in [2.45, 2.75) is 62.8 Å². The smallest absolute Gasteiger partial charge is 0.159 e. The van der Waals surface area contributed by atoms with Crippen LogP contribution in [0.25, 0.3) is 0 Å². The third kappa shape index (κ3) is 3.96. The molecule has 1 saturated carbocycles. The number of piperidine rings is 2. The lowest BCUT2D eigenvalue weighted by molar-refractivity contribution is 0.0186.